The fourth-order valence-corrected chi connectivity index (χ4v) is 1.63. The number of rotatable bonds is 5. The molecule has 1 aromatic heterocycles. The summed E-state index contributed by atoms with van der Waals surface area (Å²) >= 11 is 0. The van der Waals surface area contributed by atoms with Crippen molar-refractivity contribution in [3.05, 3.63) is 11.4 Å². The van der Waals surface area contributed by atoms with Crippen molar-refractivity contribution in [3.63, 3.8) is 0 Å². The normalized spacial score (nSPS) is 10.5. The third-order valence-electron chi connectivity index (χ3n) is 2.53. The van der Waals surface area contributed by atoms with Gasteiger partial charge in [0.1, 0.15) is 0 Å². The summed E-state index contributed by atoms with van der Waals surface area (Å²) in [6.07, 6.45) is 0.292. The lowest BCUT2D eigenvalue weighted by Crippen LogP contribution is -2.21. The molecule has 0 saturated carbocycles. The molecule has 1 N–H and O–H groups in total. The minimum absolute atomic E-state index is 0.0683. The van der Waals surface area contributed by atoms with Crippen LogP contribution in [0.2, 0.25) is 0 Å². The molecule has 0 aliphatic rings. The van der Waals surface area contributed by atoms with Gasteiger partial charge in [-0.05, 0) is 5.92 Å². The Morgan fingerprint density at radius 3 is 2.61 bits per heavy atom. The highest BCUT2D eigenvalue weighted by Gasteiger charge is 2.22. The second kappa shape index (κ2) is 6.13. The maximum absolute atomic E-state index is 11.5. The van der Waals surface area contributed by atoms with Crippen molar-refractivity contribution >= 4 is 11.9 Å². The van der Waals surface area contributed by atoms with Crippen molar-refractivity contribution in [2.75, 3.05) is 14.2 Å². The Labute approximate surface area is 105 Å². The average molecular weight is 254 g/mol. The van der Waals surface area contributed by atoms with E-state index in [9.17, 15) is 9.59 Å². The van der Waals surface area contributed by atoms with E-state index < -0.39 is 5.97 Å². The van der Waals surface area contributed by atoms with E-state index in [1.807, 2.05) is 13.8 Å². The van der Waals surface area contributed by atoms with Gasteiger partial charge in [-0.1, -0.05) is 19.1 Å². The molecule has 0 bridgehead atoms. The van der Waals surface area contributed by atoms with Crippen molar-refractivity contribution in [3.8, 4) is 0 Å². The number of carbonyl (C=O) groups is 2. The molecular formula is C11H18N4O3. The largest absolute Gasteiger partial charge is 0.464 e. The van der Waals surface area contributed by atoms with E-state index in [2.05, 4.69) is 20.4 Å². The van der Waals surface area contributed by atoms with E-state index in [0.717, 1.165) is 0 Å². The molecule has 0 unspecified atom stereocenters. The van der Waals surface area contributed by atoms with Crippen LogP contribution < -0.4 is 5.32 Å². The Bertz CT molecular complexity index is 439. The summed E-state index contributed by atoms with van der Waals surface area (Å²) in [6.45, 7) is 4.25. The molecule has 0 aromatic carbocycles. The lowest BCUT2D eigenvalue weighted by Gasteiger charge is -2.09. The van der Waals surface area contributed by atoms with Gasteiger partial charge in [-0.3, -0.25) is 4.79 Å². The summed E-state index contributed by atoms with van der Waals surface area (Å²) in [5.74, 6) is -0.525. The van der Waals surface area contributed by atoms with Crippen LogP contribution in [0.1, 0.15) is 42.4 Å². The van der Waals surface area contributed by atoms with E-state index in [-0.39, 0.29) is 17.5 Å². The second-order valence-electron chi connectivity index (χ2n) is 4.12. The SMILES string of the molecule is CNC(=O)CCn1nnc(C(=O)OC)c1C(C)C. The first-order valence-corrected chi connectivity index (χ1v) is 5.73. The summed E-state index contributed by atoms with van der Waals surface area (Å²) in [6, 6.07) is 0. The van der Waals surface area contributed by atoms with Gasteiger partial charge >= 0.3 is 5.97 Å². The monoisotopic (exact) mass is 254 g/mol. The molecule has 100 valence electrons. The molecule has 0 spiro atoms. The van der Waals surface area contributed by atoms with Gasteiger partial charge in [0.05, 0.1) is 19.3 Å². The van der Waals surface area contributed by atoms with Crippen molar-refractivity contribution in [2.45, 2.75) is 32.7 Å². The molecule has 0 atom stereocenters. The zero-order chi connectivity index (χ0) is 13.7. The molecule has 0 radical (unpaired) electrons. The zero-order valence-electron chi connectivity index (χ0n) is 11.1. The van der Waals surface area contributed by atoms with E-state index in [1.165, 1.54) is 7.11 Å². The molecule has 0 aliphatic carbocycles. The highest BCUT2D eigenvalue weighted by molar-refractivity contribution is 5.88. The number of hydrogen-bond donors (Lipinski definition) is 1. The first-order chi connectivity index (χ1) is 8.51. The fraction of sp³-hybridized carbons (Fsp3) is 0.636. The Morgan fingerprint density at radius 2 is 2.11 bits per heavy atom. The van der Waals surface area contributed by atoms with E-state index in [4.69, 9.17) is 0 Å². The summed E-state index contributed by atoms with van der Waals surface area (Å²) in [5, 5.41) is 10.2. The van der Waals surface area contributed by atoms with Gasteiger partial charge in [-0.25, -0.2) is 9.48 Å². The number of hydrogen-bond acceptors (Lipinski definition) is 5. The molecule has 1 heterocycles. The third kappa shape index (κ3) is 3.06. The number of aryl methyl sites for hydroxylation is 1. The van der Waals surface area contributed by atoms with Crippen molar-refractivity contribution in [1.29, 1.82) is 0 Å². The van der Waals surface area contributed by atoms with Crippen LogP contribution in [0, 0.1) is 0 Å². The Kier molecular flexibility index (Phi) is 4.82. The van der Waals surface area contributed by atoms with Gasteiger partial charge in [0.2, 0.25) is 5.91 Å². The van der Waals surface area contributed by atoms with Gasteiger partial charge in [0, 0.05) is 13.5 Å². The van der Waals surface area contributed by atoms with Crippen LogP contribution >= 0.6 is 0 Å². The van der Waals surface area contributed by atoms with Gasteiger partial charge < -0.3 is 10.1 Å². The van der Waals surface area contributed by atoms with Crippen LogP contribution in [-0.4, -0.2) is 41.0 Å². The van der Waals surface area contributed by atoms with Gasteiger partial charge in [-0.2, -0.15) is 0 Å². The quantitative estimate of drug-likeness (QED) is 0.765. The number of ether oxygens (including phenoxy) is 1. The maximum atomic E-state index is 11.5. The lowest BCUT2D eigenvalue weighted by atomic mass is 10.1. The minimum atomic E-state index is -0.509. The number of esters is 1. The first kappa shape index (κ1) is 14.1. The number of aromatic nitrogens is 3. The predicted molar refractivity (Wildman–Crippen MR) is 64.1 cm³/mol. The number of amides is 1. The molecule has 0 fully saturated rings. The van der Waals surface area contributed by atoms with Crippen LogP contribution in [0.15, 0.2) is 0 Å². The van der Waals surface area contributed by atoms with Gasteiger partial charge in [0.25, 0.3) is 0 Å². The summed E-state index contributed by atoms with van der Waals surface area (Å²) < 4.78 is 6.23. The highest BCUT2D eigenvalue weighted by atomic mass is 16.5. The Balaban J connectivity index is 2.95. The third-order valence-corrected chi connectivity index (χ3v) is 2.53. The van der Waals surface area contributed by atoms with Crippen LogP contribution in [0.5, 0.6) is 0 Å². The molecule has 0 saturated heterocycles. The van der Waals surface area contributed by atoms with E-state index >= 15 is 0 Å². The first-order valence-electron chi connectivity index (χ1n) is 5.73. The lowest BCUT2D eigenvalue weighted by molar-refractivity contribution is -0.120. The van der Waals surface area contributed by atoms with Gasteiger partial charge in [0.15, 0.2) is 5.69 Å². The topological polar surface area (TPSA) is 86.1 Å². The Hall–Kier alpha value is -1.92. The van der Waals surface area contributed by atoms with Crippen molar-refractivity contribution in [1.82, 2.24) is 20.3 Å². The van der Waals surface area contributed by atoms with Crippen molar-refractivity contribution in [2.24, 2.45) is 0 Å². The Morgan fingerprint density at radius 1 is 1.44 bits per heavy atom. The molecule has 7 nitrogen and oxygen atoms in total. The number of nitrogens with zero attached hydrogens (tertiary/aromatic N) is 3. The van der Waals surface area contributed by atoms with Gasteiger partial charge in [-0.15, -0.1) is 5.10 Å². The van der Waals surface area contributed by atoms with Crippen LogP contribution in [0.3, 0.4) is 0 Å². The summed E-state index contributed by atoms with van der Waals surface area (Å²) in [4.78, 5) is 22.7. The molecular weight excluding hydrogens is 236 g/mol. The number of carbonyl (C=O) groups excluding carboxylic acids is 2. The van der Waals surface area contributed by atoms with Crippen LogP contribution in [-0.2, 0) is 16.1 Å². The second-order valence-corrected chi connectivity index (χ2v) is 4.12. The highest BCUT2D eigenvalue weighted by Crippen LogP contribution is 2.18. The smallest absolute Gasteiger partial charge is 0.360 e. The summed E-state index contributed by atoms with van der Waals surface area (Å²) in [7, 11) is 2.88. The minimum Gasteiger partial charge on any atom is -0.464 e. The standard InChI is InChI=1S/C11H18N4O3/c1-7(2)10-9(11(17)18-4)13-14-15(10)6-5-8(16)12-3/h7H,5-6H2,1-4H3,(H,12,16). The molecule has 18 heavy (non-hydrogen) atoms. The molecule has 7 heteroatoms. The number of nitrogens with one attached hydrogen (secondary N) is 1. The fourth-order valence-electron chi connectivity index (χ4n) is 1.63. The predicted octanol–water partition coefficient (Wildman–Crippen LogP) is 0.324. The molecule has 1 rings (SSSR count). The van der Waals surface area contributed by atoms with Crippen LogP contribution in [0.4, 0.5) is 0 Å². The molecule has 0 aliphatic heterocycles. The molecule has 1 aromatic rings. The van der Waals surface area contributed by atoms with E-state index in [1.54, 1.807) is 11.7 Å². The zero-order valence-corrected chi connectivity index (χ0v) is 11.1. The van der Waals surface area contributed by atoms with Crippen molar-refractivity contribution < 1.29 is 14.3 Å². The summed E-state index contributed by atoms with van der Waals surface area (Å²) in [5.41, 5.74) is 0.898. The number of methoxy groups -OCH3 is 1. The average Bonchev–Trinajstić information content (AvgIpc) is 2.78. The van der Waals surface area contributed by atoms with E-state index in [0.29, 0.717) is 18.7 Å². The molecule has 1 amide bonds. The maximum Gasteiger partial charge on any atom is 0.360 e. The van der Waals surface area contributed by atoms with Crippen LogP contribution in [0.25, 0.3) is 0 Å².